The molecule has 6 nitrogen and oxygen atoms in total. The molecule has 1 aromatic rings. The number of rotatable bonds is 8. The highest BCUT2D eigenvalue weighted by atomic mass is 16.5. The van der Waals surface area contributed by atoms with Crippen molar-refractivity contribution in [1.29, 1.82) is 0 Å². The van der Waals surface area contributed by atoms with Gasteiger partial charge in [-0.1, -0.05) is 26.2 Å². The summed E-state index contributed by atoms with van der Waals surface area (Å²) in [6, 6.07) is 0. The molecule has 1 fully saturated rings. The van der Waals surface area contributed by atoms with Crippen molar-refractivity contribution in [3.8, 4) is 0 Å². The van der Waals surface area contributed by atoms with Gasteiger partial charge in [-0.2, -0.15) is 0 Å². The van der Waals surface area contributed by atoms with Gasteiger partial charge < -0.3 is 14.2 Å². The monoisotopic (exact) mass is 390 g/mol. The summed E-state index contributed by atoms with van der Waals surface area (Å²) in [6.07, 6.45) is 6.30. The highest BCUT2D eigenvalue weighted by Crippen LogP contribution is 2.26. The Morgan fingerprint density at radius 1 is 1.11 bits per heavy atom. The minimum absolute atomic E-state index is 0.0114. The number of methoxy groups -OCH3 is 1. The van der Waals surface area contributed by atoms with Crippen LogP contribution in [0.5, 0.6) is 0 Å². The van der Waals surface area contributed by atoms with Crippen molar-refractivity contribution in [3.63, 3.8) is 0 Å². The second kappa shape index (κ2) is 9.89. The molecule has 1 amide bonds. The normalized spacial score (nSPS) is 14.8. The van der Waals surface area contributed by atoms with Crippen molar-refractivity contribution >= 4 is 17.7 Å². The summed E-state index contributed by atoms with van der Waals surface area (Å²) in [5, 5.41) is 0. The second-order valence-electron chi connectivity index (χ2n) is 7.72. The van der Waals surface area contributed by atoms with Crippen LogP contribution in [0.2, 0.25) is 0 Å². The third-order valence-corrected chi connectivity index (χ3v) is 5.93. The summed E-state index contributed by atoms with van der Waals surface area (Å²) in [5.41, 5.74) is 2.36. The molecule has 1 heterocycles. The number of esters is 1. The fourth-order valence-electron chi connectivity index (χ4n) is 4.47. The van der Waals surface area contributed by atoms with Gasteiger partial charge in [0.05, 0.1) is 13.7 Å². The number of ether oxygens (including phenoxy) is 1. The van der Waals surface area contributed by atoms with Gasteiger partial charge in [0.1, 0.15) is 5.69 Å². The Balaban J connectivity index is 2.28. The topological polar surface area (TPSA) is 68.6 Å². The number of carbonyl (C=O) groups excluding carboxylic acids is 3. The van der Waals surface area contributed by atoms with Crippen molar-refractivity contribution < 1.29 is 19.1 Å². The third-order valence-electron chi connectivity index (χ3n) is 5.93. The van der Waals surface area contributed by atoms with Crippen LogP contribution in [0.1, 0.15) is 84.5 Å². The fraction of sp³-hybridized carbons (Fsp3) is 0.682. The van der Waals surface area contributed by atoms with Crippen molar-refractivity contribution in [3.05, 3.63) is 22.5 Å². The van der Waals surface area contributed by atoms with E-state index in [1.54, 1.807) is 11.8 Å². The lowest BCUT2D eigenvalue weighted by atomic mass is 9.88. The van der Waals surface area contributed by atoms with Gasteiger partial charge in [0, 0.05) is 30.8 Å². The molecule has 6 heteroatoms. The van der Waals surface area contributed by atoms with Crippen LogP contribution in [-0.4, -0.2) is 47.3 Å². The maximum absolute atomic E-state index is 13.2. The van der Waals surface area contributed by atoms with Crippen LogP contribution < -0.4 is 0 Å². The molecule has 156 valence electrons. The van der Waals surface area contributed by atoms with E-state index in [2.05, 4.69) is 0 Å². The van der Waals surface area contributed by atoms with Crippen LogP contribution in [0.4, 0.5) is 0 Å². The van der Waals surface area contributed by atoms with Gasteiger partial charge in [0.2, 0.25) is 5.91 Å². The van der Waals surface area contributed by atoms with E-state index in [0.29, 0.717) is 42.2 Å². The number of aromatic nitrogens is 1. The molecule has 2 rings (SSSR count). The van der Waals surface area contributed by atoms with Crippen LogP contribution in [0.15, 0.2) is 0 Å². The Morgan fingerprint density at radius 3 is 2.29 bits per heavy atom. The molecule has 0 radical (unpaired) electrons. The smallest absolute Gasteiger partial charge is 0.354 e. The molecule has 1 aliphatic rings. The highest BCUT2D eigenvalue weighted by molar-refractivity contribution is 6.04. The summed E-state index contributed by atoms with van der Waals surface area (Å²) in [7, 11) is 1.34. The average molecular weight is 391 g/mol. The Kier molecular flexibility index (Phi) is 7.84. The van der Waals surface area contributed by atoms with Crippen LogP contribution >= 0.6 is 0 Å². The quantitative estimate of drug-likeness (QED) is 0.498. The Morgan fingerprint density at radius 2 is 1.75 bits per heavy atom. The zero-order chi connectivity index (χ0) is 20.8. The first-order valence-corrected chi connectivity index (χ1v) is 10.4. The van der Waals surface area contributed by atoms with Gasteiger partial charge in [-0.15, -0.1) is 0 Å². The summed E-state index contributed by atoms with van der Waals surface area (Å²) in [4.78, 5) is 39.6. The van der Waals surface area contributed by atoms with Crippen LogP contribution in [0.3, 0.4) is 0 Å². The lowest BCUT2D eigenvalue weighted by molar-refractivity contribution is -0.131. The first-order chi connectivity index (χ1) is 13.3. The van der Waals surface area contributed by atoms with Gasteiger partial charge in [-0.05, 0) is 45.1 Å². The maximum atomic E-state index is 13.2. The highest BCUT2D eigenvalue weighted by Gasteiger charge is 2.29. The summed E-state index contributed by atoms with van der Waals surface area (Å²) >= 11 is 0. The number of hydrogen-bond acceptors (Lipinski definition) is 4. The van der Waals surface area contributed by atoms with Gasteiger partial charge >= 0.3 is 5.97 Å². The fourth-order valence-corrected chi connectivity index (χ4v) is 4.47. The van der Waals surface area contributed by atoms with Gasteiger partial charge in [-0.25, -0.2) is 4.79 Å². The Hall–Kier alpha value is -2.11. The molecule has 1 aromatic heterocycles. The van der Waals surface area contributed by atoms with E-state index in [1.807, 2.05) is 25.3 Å². The predicted molar refractivity (Wildman–Crippen MR) is 109 cm³/mol. The van der Waals surface area contributed by atoms with E-state index in [0.717, 1.165) is 18.5 Å². The first kappa shape index (κ1) is 22.2. The first-order valence-electron chi connectivity index (χ1n) is 10.4. The maximum Gasteiger partial charge on any atom is 0.354 e. The van der Waals surface area contributed by atoms with E-state index in [-0.39, 0.29) is 18.2 Å². The summed E-state index contributed by atoms with van der Waals surface area (Å²) in [5.74, 6) is -0.0578. The van der Waals surface area contributed by atoms with E-state index in [4.69, 9.17) is 4.74 Å². The van der Waals surface area contributed by atoms with Crippen molar-refractivity contribution in [2.24, 2.45) is 5.92 Å². The van der Waals surface area contributed by atoms with Gasteiger partial charge in [0.15, 0.2) is 5.78 Å². The molecule has 0 aliphatic heterocycles. The standard InChI is InChI=1S/C22H34N2O4/c1-6-19(26)23(13-17-11-9-8-10-12-17)14-18(25)20-15(3)21(22(27)28-5)24(7-2)16(20)4/h17H,6-14H2,1-5H3. The van der Waals surface area contributed by atoms with Crippen molar-refractivity contribution in [2.45, 2.75) is 72.8 Å². The van der Waals surface area contributed by atoms with E-state index in [1.165, 1.54) is 26.4 Å². The molecule has 0 spiro atoms. The number of hydrogen-bond donors (Lipinski definition) is 0. The van der Waals surface area contributed by atoms with Crippen LogP contribution in [0, 0.1) is 19.8 Å². The Bertz CT molecular complexity index is 729. The Labute approximate surface area is 168 Å². The van der Waals surface area contributed by atoms with E-state index >= 15 is 0 Å². The number of carbonyl (C=O) groups is 3. The predicted octanol–water partition coefficient (Wildman–Crippen LogP) is 3.91. The number of ketones is 1. The minimum atomic E-state index is -0.440. The van der Waals surface area contributed by atoms with E-state index in [9.17, 15) is 14.4 Å². The lowest BCUT2D eigenvalue weighted by Crippen LogP contribution is -2.39. The molecule has 0 aromatic carbocycles. The minimum Gasteiger partial charge on any atom is -0.464 e. The van der Waals surface area contributed by atoms with E-state index < -0.39 is 5.97 Å². The lowest BCUT2D eigenvalue weighted by Gasteiger charge is -2.29. The molecule has 0 N–H and O–H groups in total. The number of amides is 1. The summed E-state index contributed by atoms with van der Waals surface area (Å²) < 4.78 is 6.73. The molecule has 0 saturated heterocycles. The molecule has 0 unspecified atom stereocenters. The summed E-state index contributed by atoms with van der Waals surface area (Å²) in [6.45, 7) is 8.69. The molecular formula is C22H34N2O4. The van der Waals surface area contributed by atoms with Crippen molar-refractivity contribution in [2.75, 3.05) is 20.2 Å². The third kappa shape index (κ3) is 4.65. The molecule has 0 bridgehead atoms. The number of Topliss-reactive ketones (excluding diaryl/α,β-unsaturated/α-hetero) is 1. The zero-order valence-electron chi connectivity index (χ0n) is 18.0. The molecule has 1 saturated carbocycles. The largest absolute Gasteiger partial charge is 0.464 e. The second-order valence-corrected chi connectivity index (χ2v) is 7.72. The van der Waals surface area contributed by atoms with Crippen LogP contribution in [0.25, 0.3) is 0 Å². The average Bonchev–Trinajstić information content (AvgIpc) is 2.96. The molecule has 1 aliphatic carbocycles. The molecule has 0 atom stereocenters. The van der Waals surface area contributed by atoms with Crippen LogP contribution in [-0.2, 0) is 16.1 Å². The van der Waals surface area contributed by atoms with Gasteiger partial charge in [-0.3, -0.25) is 9.59 Å². The zero-order valence-corrected chi connectivity index (χ0v) is 18.0. The molecule has 28 heavy (non-hydrogen) atoms. The SMILES string of the molecule is CCC(=O)N(CC(=O)c1c(C)c(C(=O)OC)n(CC)c1C)CC1CCCCC1. The van der Waals surface area contributed by atoms with Crippen molar-refractivity contribution in [1.82, 2.24) is 9.47 Å². The van der Waals surface area contributed by atoms with Gasteiger partial charge in [0.25, 0.3) is 0 Å². The molecular weight excluding hydrogens is 356 g/mol. The number of nitrogens with zero attached hydrogens (tertiary/aromatic N) is 2.